The zero-order valence-corrected chi connectivity index (χ0v) is 13.6. The van der Waals surface area contributed by atoms with Crippen LogP contribution in [0.5, 0.6) is 0 Å². The van der Waals surface area contributed by atoms with Gasteiger partial charge in [-0.05, 0) is 31.0 Å². The number of amides is 2. The largest absolute Gasteiger partial charge is 0.480 e. The smallest absolute Gasteiger partial charge is 0.319 e. The Labute approximate surface area is 142 Å². The third-order valence-corrected chi connectivity index (χ3v) is 4.90. The Morgan fingerprint density at radius 2 is 1.67 bits per heavy atom. The van der Waals surface area contributed by atoms with Crippen LogP contribution in [-0.4, -0.2) is 58.9 Å². The van der Waals surface area contributed by atoms with Gasteiger partial charge in [0.1, 0.15) is 11.2 Å². The first kappa shape index (κ1) is 16.7. The SMILES string of the molecule is O=C(c1ccc(F)cc1Cl)N1CCN(C(=O)C2(C(=O)O)CC2)CC1. The molecule has 1 aromatic rings. The van der Waals surface area contributed by atoms with Crippen molar-refractivity contribution in [2.75, 3.05) is 26.2 Å². The average molecular weight is 355 g/mol. The molecule has 0 atom stereocenters. The van der Waals surface area contributed by atoms with Crippen molar-refractivity contribution in [2.24, 2.45) is 5.41 Å². The van der Waals surface area contributed by atoms with Crippen molar-refractivity contribution < 1.29 is 23.9 Å². The van der Waals surface area contributed by atoms with Crippen LogP contribution in [0.2, 0.25) is 5.02 Å². The van der Waals surface area contributed by atoms with E-state index in [-0.39, 0.29) is 48.6 Å². The highest BCUT2D eigenvalue weighted by Gasteiger charge is 2.58. The molecule has 2 aliphatic rings. The lowest BCUT2D eigenvalue weighted by molar-refractivity contribution is -0.154. The van der Waals surface area contributed by atoms with Crippen molar-refractivity contribution in [1.29, 1.82) is 0 Å². The molecule has 0 aromatic heterocycles. The van der Waals surface area contributed by atoms with Crippen molar-refractivity contribution >= 4 is 29.4 Å². The number of hydrogen-bond acceptors (Lipinski definition) is 3. The molecule has 24 heavy (non-hydrogen) atoms. The van der Waals surface area contributed by atoms with Gasteiger partial charge in [-0.3, -0.25) is 14.4 Å². The van der Waals surface area contributed by atoms with Gasteiger partial charge in [0.2, 0.25) is 5.91 Å². The molecule has 6 nitrogen and oxygen atoms in total. The molecule has 1 aromatic carbocycles. The van der Waals surface area contributed by atoms with Crippen molar-refractivity contribution in [3.05, 3.63) is 34.6 Å². The lowest BCUT2D eigenvalue weighted by Gasteiger charge is -2.36. The average Bonchev–Trinajstić information content (AvgIpc) is 3.36. The Bertz CT molecular complexity index is 712. The Kier molecular flexibility index (Phi) is 4.21. The number of carbonyl (C=O) groups is 3. The maximum Gasteiger partial charge on any atom is 0.319 e. The number of piperazine rings is 1. The zero-order chi connectivity index (χ0) is 17.5. The lowest BCUT2D eigenvalue weighted by Crippen LogP contribution is -2.53. The van der Waals surface area contributed by atoms with E-state index < -0.39 is 17.2 Å². The molecule has 2 fully saturated rings. The van der Waals surface area contributed by atoms with Crippen molar-refractivity contribution in [2.45, 2.75) is 12.8 Å². The number of benzene rings is 1. The van der Waals surface area contributed by atoms with E-state index >= 15 is 0 Å². The summed E-state index contributed by atoms with van der Waals surface area (Å²) in [5.74, 6) is -2.30. The summed E-state index contributed by atoms with van der Waals surface area (Å²) in [6.07, 6.45) is 0.733. The first-order valence-electron chi connectivity index (χ1n) is 7.62. The van der Waals surface area contributed by atoms with Crippen LogP contribution in [0.25, 0.3) is 0 Å². The molecule has 0 radical (unpaired) electrons. The maximum absolute atomic E-state index is 13.1. The van der Waals surface area contributed by atoms with Gasteiger partial charge in [-0.2, -0.15) is 0 Å². The summed E-state index contributed by atoms with van der Waals surface area (Å²) < 4.78 is 13.1. The van der Waals surface area contributed by atoms with Gasteiger partial charge in [0, 0.05) is 26.2 Å². The molecule has 0 unspecified atom stereocenters. The van der Waals surface area contributed by atoms with Gasteiger partial charge in [-0.15, -0.1) is 0 Å². The minimum atomic E-state index is -1.26. The van der Waals surface area contributed by atoms with Crippen LogP contribution in [0.1, 0.15) is 23.2 Å². The molecule has 1 saturated heterocycles. The second kappa shape index (κ2) is 6.05. The normalized spacial score (nSPS) is 19.1. The van der Waals surface area contributed by atoms with Gasteiger partial charge in [0.05, 0.1) is 10.6 Å². The van der Waals surface area contributed by atoms with Gasteiger partial charge < -0.3 is 14.9 Å². The highest BCUT2D eigenvalue weighted by molar-refractivity contribution is 6.33. The third-order valence-electron chi connectivity index (χ3n) is 4.58. The molecule has 128 valence electrons. The van der Waals surface area contributed by atoms with E-state index in [2.05, 4.69) is 0 Å². The number of nitrogens with zero attached hydrogens (tertiary/aromatic N) is 2. The van der Waals surface area contributed by atoms with E-state index in [9.17, 15) is 23.9 Å². The minimum Gasteiger partial charge on any atom is -0.480 e. The lowest BCUT2D eigenvalue weighted by atomic mass is 10.1. The number of aliphatic carboxylic acids is 1. The van der Waals surface area contributed by atoms with E-state index in [1.165, 1.54) is 21.9 Å². The predicted octanol–water partition coefficient (Wildman–Crippen LogP) is 1.63. The Hall–Kier alpha value is -2.15. The first-order valence-corrected chi connectivity index (χ1v) is 8.00. The van der Waals surface area contributed by atoms with Gasteiger partial charge in [0.15, 0.2) is 0 Å². The zero-order valence-electron chi connectivity index (χ0n) is 12.8. The van der Waals surface area contributed by atoms with Crippen LogP contribution < -0.4 is 0 Å². The first-order chi connectivity index (χ1) is 11.3. The summed E-state index contributed by atoms with van der Waals surface area (Å²) >= 11 is 5.91. The summed E-state index contributed by atoms with van der Waals surface area (Å²) in [5, 5.41) is 9.23. The number of carbonyl (C=O) groups excluding carboxylic acids is 2. The molecule has 1 heterocycles. The van der Waals surface area contributed by atoms with E-state index in [0.29, 0.717) is 12.8 Å². The van der Waals surface area contributed by atoms with Crippen LogP contribution in [0.4, 0.5) is 4.39 Å². The standard InChI is InChI=1S/C16H16ClFN2O4/c17-12-9-10(18)1-2-11(12)13(21)19-5-7-20(8-6-19)14(22)16(3-4-16)15(23)24/h1-2,9H,3-8H2,(H,23,24). The topological polar surface area (TPSA) is 77.9 Å². The Morgan fingerprint density at radius 3 is 2.17 bits per heavy atom. The van der Waals surface area contributed by atoms with Crippen LogP contribution in [-0.2, 0) is 9.59 Å². The fourth-order valence-corrected chi connectivity index (χ4v) is 3.14. The predicted molar refractivity (Wildman–Crippen MR) is 83.2 cm³/mol. The molecule has 3 rings (SSSR count). The quantitative estimate of drug-likeness (QED) is 0.837. The summed E-state index contributed by atoms with van der Waals surface area (Å²) in [4.78, 5) is 39.0. The highest BCUT2D eigenvalue weighted by Crippen LogP contribution is 2.47. The van der Waals surface area contributed by atoms with Crippen molar-refractivity contribution in [3.63, 3.8) is 0 Å². The van der Waals surface area contributed by atoms with Crippen LogP contribution in [0, 0.1) is 11.2 Å². The van der Waals surface area contributed by atoms with Crippen LogP contribution in [0.15, 0.2) is 18.2 Å². The Morgan fingerprint density at radius 1 is 1.08 bits per heavy atom. The summed E-state index contributed by atoms with van der Waals surface area (Å²) in [5.41, 5.74) is -1.05. The fraction of sp³-hybridized carbons (Fsp3) is 0.438. The van der Waals surface area contributed by atoms with E-state index in [1.54, 1.807) is 0 Å². The number of rotatable bonds is 3. The van der Waals surface area contributed by atoms with E-state index in [0.717, 1.165) is 6.07 Å². The molecule has 1 saturated carbocycles. The molecular formula is C16H16ClFN2O4. The number of carboxylic acids is 1. The molecule has 1 aliphatic carbocycles. The number of carboxylic acid groups (broad SMARTS) is 1. The highest BCUT2D eigenvalue weighted by atomic mass is 35.5. The van der Waals surface area contributed by atoms with Crippen molar-refractivity contribution in [1.82, 2.24) is 9.80 Å². The molecule has 0 bridgehead atoms. The second-order valence-electron chi connectivity index (χ2n) is 6.10. The van der Waals surface area contributed by atoms with E-state index in [4.69, 9.17) is 11.6 Å². The van der Waals surface area contributed by atoms with Gasteiger partial charge in [0.25, 0.3) is 5.91 Å². The molecule has 1 aliphatic heterocycles. The maximum atomic E-state index is 13.1. The number of hydrogen-bond donors (Lipinski definition) is 1. The van der Waals surface area contributed by atoms with Crippen LogP contribution >= 0.6 is 11.6 Å². The minimum absolute atomic E-state index is 0.0429. The van der Waals surface area contributed by atoms with Gasteiger partial charge in [-0.25, -0.2) is 4.39 Å². The van der Waals surface area contributed by atoms with Crippen molar-refractivity contribution in [3.8, 4) is 0 Å². The fourth-order valence-electron chi connectivity index (χ4n) is 2.89. The van der Waals surface area contributed by atoms with Crippen LogP contribution in [0.3, 0.4) is 0 Å². The van der Waals surface area contributed by atoms with Gasteiger partial charge >= 0.3 is 5.97 Å². The van der Waals surface area contributed by atoms with Gasteiger partial charge in [-0.1, -0.05) is 11.6 Å². The molecule has 1 N–H and O–H groups in total. The summed E-state index contributed by atoms with van der Waals surface area (Å²) in [7, 11) is 0. The monoisotopic (exact) mass is 354 g/mol. The molecule has 8 heteroatoms. The molecule has 0 spiro atoms. The molecular weight excluding hydrogens is 339 g/mol. The summed E-state index contributed by atoms with van der Waals surface area (Å²) in [6.45, 7) is 1.12. The molecule has 2 amide bonds. The second-order valence-corrected chi connectivity index (χ2v) is 6.50. The number of halogens is 2. The Balaban J connectivity index is 1.64. The third kappa shape index (κ3) is 2.84. The van der Waals surface area contributed by atoms with E-state index in [1.807, 2.05) is 0 Å². The summed E-state index contributed by atoms with van der Waals surface area (Å²) in [6, 6.07) is 3.59.